The van der Waals surface area contributed by atoms with E-state index in [2.05, 4.69) is 32.4 Å². The van der Waals surface area contributed by atoms with E-state index in [1.807, 2.05) is 24.3 Å². The first-order valence-corrected chi connectivity index (χ1v) is 5.52. The van der Waals surface area contributed by atoms with Crippen molar-refractivity contribution in [2.75, 3.05) is 7.11 Å². The molecule has 2 aromatic rings. The Hall–Kier alpha value is -1.47. The van der Waals surface area contributed by atoms with Gasteiger partial charge in [-0.3, -0.25) is 0 Å². The van der Waals surface area contributed by atoms with Crippen LogP contribution in [-0.2, 0) is 0 Å². The van der Waals surface area contributed by atoms with Gasteiger partial charge in [-0.15, -0.1) is 19.4 Å². The van der Waals surface area contributed by atoms with Crippen molar-refractivity contribution < 1.29 is 4.74 Å². The van der Waals surface area contributed by atoms with Gasteiger partial charge in [0.15, 0.2) is 0 Å². The Morgan fingerprint density at radius 1 is 1.12 bits per heavy atom. The van der Waals surface area contributed by atoms with Gasteiger partial charge in [-0.2, -0.15) is 0 Å². The molecule has 82 valence electrons. The number of aromatic nitrogens is 2. The molecule has 4 heteroatoms. The van der Waals surface area contributed by atoms with Gasteiger partial charge in [0.1, 0.15) is 0 Å². The van der Waals surface area contributed by atoms with Crippen LogP contribution < -0.4 is 10.0 Å². The normalized spacial score (nSPS) is 10.2. The van der Waals surface area contributed by atoms with Crippen molar-refractivity contribution >= 4 is 14.5 Å². The number of aryl methyl sites for hydroxylation is 1. The molecule has 1 aromatic carbocycles. The number of hydrogen-bond acceptors (Lipinski definition) is 3. The Morgan fingerprint density at radius 2 is 1.94 bits per heavy atom. The molecule has 0 fully saturated rings. The first-order chi connectivity index (χ1) is 7.70. The van der Waals surface area contributed by atoms with Crippen LogP contribution in [0.4, 0.5) is 0 Å². The number of rotatable bonds is 2. The van der Waals surface area contributed by atoms with E-state index in [0.717, 1.165) is 11.3 Å². The lowest BCUT2D eigenvalue weighted by molar-refractivity contribution is 0.392. The average Bonchev–Trinajstić information content (AvgIpc) is 2.29. The molecule has 1 unspecified atom stereocenters. The van der Waals surface area contributed by atoms with Crippen LogP contribution in [0, 0.1) is 6.92 Å². The fourth-order valence-corrected chi connectivity index (χ4v) is 1.89. The molecule has 0 spiro atoms. The molecule has 0 amide bonds. The van der Waals surface area contributed by atoms with E-state index in [-0.39, 0.29) is 0 Å². The maximum absolute atomic E-state index is 4.98. The Labute approximate surface area is 97.1 Å². The van der Waals surface area contributed by atoms with Crippen LogP contribution in [0.1, 0.15) is 5.56 Å². The largest absolute Gasteiger partial charge is 0.480 e. The van der Waals surface area contributed by atoms with E-state index in [1.165, 1.54) is 10.9 Å². The number of methoxy groups -OCH3 is 1. The lowest BCUT2D eigenvalue weighted by Gasteiger charge is -2.05. The van der Waals surface area contributed by atoms with Crippen molar-refractivity contribution in [3.8, 4) is 17.1 Å². The zero-order valence-corrected chi connectivity index (χ0v) is 10.4. The zero-order valence-electron chi connectivity index (χ0n) is 9.27. The summed E-state index contributed by atoms with van der Waals surface area (Å²) in [6.07, 6.45) is 0. The van der Waals surface area contributed by atoms with E-state index >= 15 is 0 Å². The summed E-state index contributed by atoms with van der Waals surface area (Å²) in [5, 5.41) is 9.26. The summed E-state index contributed by atoms with van der Waals surface area (Å²) in [5.41, 5.74) is 3.15. The molecule has 0 aliphatic rings. The van der Waals surface area contributed by atoms with Crippen LogP contribution in [0.5, 0.6) is 5.88 Å². The SMILES string of the molecule is COc1ccc(-c2ccc(P)cc2C)nn1. The molecule has 0 bridgehead atoms. The number of hydrogen-bond donors (Lipinski definition) is 0. The molecular formula is C12H13N2OP. The van der Waals surface area contributed by atoms with E-state index in [0.29, 0.717) is 5.88 Å². The van der Waals surface area contributed by atoms with E-state index in [1.54, 1.807) is 7.11 Å². The first-order valence-electron chi connectivity index (χ1n) is 4.95. The molecule has 16 heavy (non-hydrogen) atoms. The molecule has 3 nitrogen and oxygen atoms in total. The summed E-state index contributed by atoms with van der Waals surface area (Å²) in [7, 11) is 4.26. The van der Waals surface area contributed by atoms with Crippen LogP contribution in [0.2, 0.25) is 0 Å². The maximum atomic E-state index is 4.98. The highest BCUT2D eigenvalue weighted by Crippen LogP contribution is 2.21. The van der Waals surface area contributed by atoms with Crippen molar-refractivity contribution in [2.24, 2.45) is 0 Å². The minimum Gasteiger partial charge on any atom is -0.480 e. The third-order valence-electron chi connectivity index (χ3n) is 2.38. The summed E-state index contributed by atoms with van der Waals surface area (Å²) < 4.78 is 4.98. The van der Waals surface area contributed by atoms with Gasteiger partial charge in [0.05, 0.1) is 12.8 Å². The van der Waals surface area contributed by atoms with Gasteiger partial charge in [-0.1, -0.05) is 18.2 Å². The maximum Gasteiger partial charge on any atom is 0.233 e. The predicted molar refractivity (Wildman–Crippen MR) is 68.1 cm³/mol. The number of ether oxygens (including phenoxy) is 1. The topological polar surface area (TPSA) is 35.0 Å². The van der Waals surface area contributed by atoms with Crippen molar-refractivity contribution in [3.05, 3.63) is 35.9 Å². The van der Waals surface area contributed by atoms with Crippen LogP contribution in [0.25, 0.3) is 11.3 Å². The quantitative estimate of drug-likeness (QED) is 0.742. The summed E-state index contributed by atoms with van der Waals surface area (Å²) in [6, 6.07) is 9.92. The van der Waals surface area contributed by atoms with Gasteiger partial charge in [0, 0.05) is 11.6 Å². The monoisotopic (exact) mass is 232 g/mol. The van der Waals surface area contributed by atoms with Crippen LogP contribution in [0.15, 0.2) is 30.3 Å². The summed E-state index contributed by atoms with van der Waals surface area (Å²) in [5.74, 6) is 0.532. The fourth-order valence-electron chi connectivity index (χ4n) is 1.55. The van der Waals surface area contributed by atoms with Crippen molar-refractivity contribution in [1.29, 1.82) is 0 Å². The third-order valence-corrected chi connectivity index (χ3v) is 2.73. The summed E-state index contributed by atoms with van der Waals surface area (Å²) in [4.78, 5) is 0. The highest BCUT2D eigenvalue weighted by Gasteiger charge is 2.04. The van der Waals surface area contributed by atoms with Gasteiger partial charge in [0.2, 0.25) is 5.88 Å². The molecule has 0 aliphatic heterocycles. The highest BCUT2D eigenvalue weighted by atomic mass is 31.0. The number of benzene rings is 1. The summed E-state index contributed by atoms with van der Waals surface area (Å²) >= 11 is 0. The molecule has 0 N–H and O–H groups in total. The van der Waals surface area contributed by atoms with Crippen LogP contribution >= 0.6 is 9.24 Å². The van der Waals surface area contributed by atoms with E-state index in [9.17, 15) is 0 Å². The van der Waals surface area contributed by atoms with E-state index < -0.39 is 0 Å². The molecule has 0 saturated carbocycles. The lowest BCUT2D eigenvalue weighted by Crippen LogP contribution is -1.96. The Bertz CT molecular complexity index is 497. The molecule has 1 atom stereocenters. The standard InChI is InChI=1S/C12H13N2OP/c1-8-7-9(16)3-4-10(8)11-5-6-12(15-2)14-13-11/h3-7H,16H2,1-2H3. The minimum absolute atomic E-state index is 0.532. The number of nitrogens with zero attached hydrogens (tertiary/aromatic N) is 2. The lowest BCUT2D eigenvalue weighted by atomic mass is 10.1. The fraction of sp³-hybridized carbons (Fsp3) is 0.167. The van der Waals surface area contributed by atoms with Gasteiger partial charge in [0.25, 0.3) is 0 Å². The Kier molecular flexibility index (Phi) is 3.16. The minimum atomic E-state index is 0.532. The second-order valence-corrected chi connectivity index (χ2v) is 4.20. The Balaban J connectivity index is 2.42. The molecule has 0 saturated heterocycles. The third kappa shape index (κ3) is 2.20. The molecule has 0 radical (unpaired) electrons. The van der Waals surface area contributed by atoms with E-state index in [4.69, 9.17) is 4.74 Å². The first kappa shape index (κ1) is 11.0. The zero-order chi connectivity index (χ0) is 11.5. The van der Waals surface area contributed by atoms with Crippen LogP contribution in [0.3, 0.4) is 0 Å². The Morgan fingerprint density at radius 3 is 2.50 bits per heavy atom. The van der Waals surface area contributed by atoms with Gasteiger partial charge in [-0.05, 0) is 23.9 Å². The smallest absolute Gasteiger partial charge is 0.233 e. The van der Waals surface area contributed by atoms with Crippen molar-refractivity contribution in [1.82, 2.24) is 10.2 Å². The molecule has 1 heterocycles. The molecule has 2 rings (SSSR count). The van der Waals surface area contributed by atoms with Crippen molar-refractivity contribution in [3.63, 3.8) is 0 Å². The second kappa shape index (κ2) is 4.58. The van der Waals surface area contributed by atoms with Gasteiger partial charge in [-0.25, -0.2) is 0 Å². The average molecular weight is 232 g/mol. The molecular weight excluding hydrogens is 219 g/mol. The van der Waals surface area contributed by atoms with Gasteiger partial charge >= 0.3 is 0 Å². The predicted octanol–water partition coefficient (Wildman–Crippen LogP) is 1.96. The van der Waals surface area contributed by atoms with Crippen LogP contribution in [-0.4, -0.2) is 17.3 Å². The second-order valence-electron chi connectivity index (χ2n) is 3.54. The molecule has 0 aliphatic carbocycles. The highest BCUT2D eigenvalue weighted by molar-refractivity contribution is 7.27. The summed E-state index contributed by atoms with van der Waals surface area (Å²) in [6.45, 7) is 2.06. The van der Waals surface area contributed by atoms with Crippen molar-refractivity contribution in [2.45, 2.75) is 6.92 Å². The van der Waals surface area contributed by atoms with Gasteiger partial charge < -0.3 is 4.74 Å². The molecule has 1 aromatic heterocycles.